The van der Waals surface area contributed by atoms with Crippen LogP contribution in [0.15, 0.2) is 12.5 Å². The fourth-order valence-corrected chi connectivity index (χ4v) is 2.20. The molecular formula is C11H17N3O. The van der Waals surface area contributed by atoms with Gasteiger partial charge in [-0.05, 0) is 12.8 Å². The maximum Gasteiger partial charge on any atom is 0.220 e. The summed E-state index contributed by atoms with van der Waals surface area (Å²) in [6, 6.07) is 0. The van der Waals surface area contributed by atoms with Crippen molar-refractivity contribution in [2.75, 3.05) is 0 Å². The van der Waals surface area contributed by atoms with Crippen molar-refractivity contribution < 1.29 is 4.79 Å². The second-order valence-electron chi connectivity index (χ2n) is 4.35. The van der Waals surface area contributed by atoms with Gasteiger partial charge in [0.2, 0.25) is 5.91 Å². The summed E-state index contributed by atoms with van der Waals surface area (Å²) in [5.41, 5.74) is 1.14. The van der Waals surface area contributed by atoms with Gasteiger partial charge in [-0.25, -0.2) is 4.98 Å². The van der Waals surface area contributed by atoms with E-state index in [0.29, 0.717) is 6.42 Å². The van der Waals surface area contributed by atoms with Crippen LogP contribution in [0.25, 0.3) is 0 Å². The first-order valence-corrected chi connectivity index (χ1v) is 5.41. The number of aromatic nitrogens is 2. The Kier molecular flexibility index (Phi) is 2.50. The number of rotatable bonds is 3. The van der Waals surface area contributed by atoms with E-state index in [1.54, 1.807) is 6.33 Å². The highest BCUT2D eigenvalue weighted by Crippen LogP contribution is 2.27. The molecule has 0 spiro atoms. The molecule has 1 unspecified atom stereocenters. The molecule has 1 atom stereocenters. The molecule has 0 aliphatic carbocycles. The van der Waals surface area contributed by atoms with Gasteiger partial charge in [-0.15, -0.1) is 0 Å². The molecule has 0 bridgehead atoms. The van der Waals surface area contributed by atoms with Gasteiger partial charge in [0.05, 0.1) is 6.33 Å². The first-order chi connectivity index (χ1) is 7.15. The molecule has 82 valence electrons. The summed E-state index contributed by atoms with van der Waals surface area (Å²) in [6.45, 7) is 2.13. The SMILES string of the molecule is CCC1(Cc2cncn2C)CCC(=O)N1. The van der Waals surface area contributed by atoms with Crippen molar-refractivity contribution in [3.05, 3.63) is 18.2 Å². The van der Waals surface area contributed by atoms with Gasteiger partial charge in [0.15, 0.2) is 0 Å². The summed E-state index contributed by atoms with van der Waals surface area (Å²) in [7, 11) is 1.99. The number of imidazole rings is 1. The quantitative estimate of drug-likeness (QED) is 0.804. The van der Waals surface area contributed by atoms with Crippen molar-refractivity contribution in [3.8, 4) is 0 Å². The molecular weight excluding hydrogens is 190 g/mol. The topological polar surface area (TPSA) is 46.9 Å². The number of amides is 1. The minimum absolute atomic E-state index is 0.0368. The summed E-state index contributed by atoms with van der Waals surface area (Å²) in [5, 5.41) is 3.10. The third-order valence-electron chi connectivity index (χ3n) is 3.35. The third-order valence-corrected chi connectivity index (χ3v) is 3.35. The second-order valence-corrected chi connectivity index (χ2v) is 4.35. The van der Waals surface area contributed by atoms with E-state index >= 15 is 0 Å². The van der Waals surface area contributed by atoms with Gasteiger partial charge in [0.1, 0.15) is 0 Å². The lowest BCUT2D eigenvalue weighted by Crippen LogP contribution is -2.43. The molecule has 2 rings (SSSR count). The van der Waals surface area contributed by atoms with Crippen LogP contribution in [0.4, 0.5) is 0 Å². The highest BCUT2D eigenvalue weighted by Gasteiger charge is 2.36. The number of hydrogen-bond donors (Lipinski definition) is 1. The number of nitrogens with one attached hydrogen (secondary N) is 1. The highest BCUT2D eigenvalue weighted by molar-refractivity contribution is 5.79. The predicted molar refractivity (Wildman–Crippen MR) is 57.3 cm³/mol. The first-order valence-electron chi connectivity index (χ1n) is 5.41. The Labute approximate surface area is 89.7 Å². The monoisotopic (exact) mass is 207 g/mol. The van der Waals surface area contributed by atoms with Crippen LogP contribution in [-0.4, -0.2) is 21.0 Å². The highest BCUT2D eigenvalue weighted by atomic mass is 16.2. The minimum atomic E-state index is -0.0368. The van der Waals surface area contributed by atoms with Crippen molar-refractivity contribution in [2.24, 2.45) is 7.05 Å². The van der Waals surface area contributed by atoms with E-state index in [2.05, 4.69) is 17.2 Å². The van der Waals surface area contributed by atoms with E-state index in [-0.39, 0.29) is 11.4 Å². The van der Waals surface area contributed by atoms with Gasteiger partial charge in [0.25, 0.3) is 0 Å². The number of carbonyl (C=O) groups excluding carboxylic acids is 1. The fourth-order valence-electron chi connectivity index (χ4n) is 2.20. The maximum absolute atomic E-state index is 11.3. The molecule has 1 fully saturated rings. The summed E-state index contributed by atoms with van der Waals surface area (Å²) in [4.78, 5) is 15.4. The molecule has 1 amide bonds. The number of hydrogen-bond acceptors (Lipinski definition) is 2. The van der Waals surface area contributed by atoms with Crippen molar-refractivity contribution in [1.29, 1.82) is 0 Å². The minimum Gasteiger partial charge on any atom is -0.350 e. The molecule has 1 N–H and O–H groups in total. The number of aryl methyl sites for hydroxylation is 1. The molecule has 4 nitrogen and oxygen atoms in total. The molecule has 0 saturated carbocycles. The number of nitrogens with zero attached hydrogens (tertiary/aromatic N) is 2. The predicted octanol–water partition coefficient (Wildman–Crippen LogP) is 1.02. The summed E-state index contributed by atoms with van der Waals surface area (Å²) >= 11 is 0. The summed E-state index contributed by atoms with van der Waals surface area (Å²) in [6.07, 6.45) is 7.13. The molecule has 1 aliphatic heterocycles. The van der Waals surface area contributed by atoms with Crippen LogP contribution in [0.3, 0.4) is 0 Å². The standard InChI is InChI=1S/C11H17N3O/c1-3-11(5-4-10(15)13-11)6-9-7-12-8-14(9)2/h7-8H,3-6H2,1-2H3,(H,13,15). The van der Waals surface area contributed by atoms with E-state index in [1.165, 1.54) is 5.69 Å². The molecule has 0 radical (unpaired) electrons. The second kappa shape index (κ2) is 3.68. The molecule has 0 aromatic carbocycles. The van der Waals surface area contributed by atoms with Crippen LogP contribution in [0.2, 0.25) is 0 Å². The fraction of sp³-hybridized carbons (Fsp3) is 0.636. The van der Waals surface area contributed by atoms with Crippen LogP contribution in [0.5, 0.6) is 0 Å². The van der Waals surface area contributed by atoms with Crippen molar-refractivity contribution in [3.63, 3.8) is 0 Å². The molecule has 1 saturated heterocycles. The van der Waals surface area contributed by atoms with Gasteiger partial charge in [-0.2, -0.15) is 0 Å². The van der Waals surface area contributed by atoms with E-state index < -0.39 is 0 Å². The van der Waals surface area contributed by atoms with E-state index in [4.69, 9.17) is 0 Å². The summed E-state index contributed by atoms with van der Waals surface area (Å²) < 4.78 is 2.02. The van der Waals surface area contributed by atoms with Gasteiger partial charge in [-0.1, -0.05) is 6.92 Å². The Morgan fingerprint density at radius 3 is 2.93 bits per heavy atom. The lowest BCUT2D eigenvalue weighted by molar-refractivity contribution is -0.119. The number of carbonyl (C=O) groups is 1. The Hall–Kier alpha value is -1.32. The third kappa shape index (κ3) is 1.89. The lowest BCUT2D eigenvalue weighted by atomic mass is 9.89. The molecule has 1 aliphatic rings. The van der Waals surface area contributed by atoms with Crippen molar-refractivity contribution in [2.45, 2.75) is 38.1 Å². The molecule has 1 aromatic rings. The zero-order chi connectivity index (χ0) is 10.9. The van der Waals surface area contributed by atoms with Gasteiger partial charge < -0.3 is 9.88 Å². The van der Waals surface area contributed by atoms with Crippen LogP contribution < -0.4 is 5.32 Å². The zero-order valence-electron chi connectivity index (χ0n) is 9.29. The zero-order valence-corrected chi connectivity index (χ0v) is 9.29. The lowest BCUT2D eigenvalue weighted by Gasteiger charge is -2.27. The Balaban J connectivity index is 2.15. The Morgan fingerprint density at radius 1 is 1.67 bits per heavy atom. The Bertz CT molecular complexity index is 372. The van der Waals surface area contributed by atoms with E-state index in [1.807, 2.05) is 17.8 Å². The van der Waals surface area contributed by atoms with Crippen LogP contribution in [0, 0.1) is 0 Å². The average molecular weight is 207 g/mol. The van der Waals surface area contributed by atoms with Crippen LogP contribution >= 0.6 is 0 Å². The van der Waals surface area contributed by atoms with Crippen molar-refractivity contribution >= 4 is 5.91 Å². The normalized spacial score (nSPS) is 25.6. The van der Waals surface area contributed by atoms with Crippen molar-refractivity contribution in [1.82, 2.24) is 14.9 Å². The first kappa shape index (κ1) is 10.2. The van der Waals surface area contributed by atoms with Gasteiger partial charge in [-0.3, -0.25) is 4.79 Å². The van der Waals surface area contributed by atoms with Gasteiger partial charge in [0, 0.05) is 37.3 Å². The largest absolute Gasteiger partial charge is 0.350 e. The van der Waals surface area contributed by atoms with E-state index in [0.717, 1.165) is 19.3 Å². The van der Waals surface area contributed by atoms with Crippen LogP contribution in [0.1, 0.15) is 31.9 Å². The van der Waals surface area contributed by atoms with Crippen LogP contribution in [-0.2, 0) is 18.3 Å². The van der Waals surface area contributed by atoms with E-state index in [9.17, 15) is 4.79 Å². The molecule has 2 heterocycles. The molecule has 15 heavy (non-hydrogen) atoms. The smallest absolute Gasteiger partial charge is 0.220 e. The molecule has 4 heteroatoms. The Morgan fingerprint density at radius 2 is 2.47 bits per heavy atom. The average Bonchev–Trinajstić information content (AvgIpc) is 2.76. The van der Waals surface area contributed by atoms with Gasteiger partial charge >= 0.3 is 0 Å². The summed E-state index contributed by atoms with van der Waals surface area (Å²) in [5.74, 6) is 0.180. The maximum atomic E-state index is 11.3. The molecule has 1 aromatic heterocycles.